The van der Waals surface area contributed by atoms with E-state index >= 15 is 0 Å². The van der Waals surface area contributed by atoms with Gasteiger partial charge in [0.25, 0.3) is 0 Å². The number of amides is 1. The Morgan fingerprint density at radius 2 is 1.73 bits per heavy atom. The summed E-state index contributed by atoms with van der Waals surface area (Å²) in [7, 11) is 3.81. The van der Waals surface area contributed by atoms with Gasteiger partial charge in [0.15, 0.2) is 0 Å². The Balaban J connectivity index is 1.13. The Kier molecular flexibility index (Phi) is 5.66. The molecule has 164 valence electrons. The fraction of sp³-hybridized carbons (Fsp3) is 0.731. The first kappa shape index (κ1) is 20.5. The fourth-order valence-electron chi connectivity index (χ4n) is 6.13. The Bertz CT molecular complexity index is 730. The van der Waals surface area contributed by atoms with Crippen LogP contribution >= 0.6 is 0 Å². The van der Waals surface area contributed by atoms with E-state index in [2.05, 4.69) is 40.1 Å². The Morgan fingerprint density at radius 3 is 2.37 bits per heavy atom. The van der Waals surface area contributed by atoms with E-state index in [0.717, 1.165) is 36.8 Å². The second-order valence-corrected chi connectivity index (χ2v) is 11.0. The van der Waals surface area contributed by atoms with Crippen LogP contribution in [-0.4, -0.2) is 73.0 Å². The van der Waals surface area contributed by atoms with Crippen molar-refractivity contribution < 1.29 is 4.79 Å². The maximum absolute atomic E-state index is 12.6. The lowest BCUT2D eigenvalue weighted by Gasteiger charge is -2.57. The SMILES string of the molecule is CN(C)C(=O)CC1(N2CCC(C[C@@H]3CC3c3ccccc3)CC2)CN(CC2CC2)C1. The molecule has 4 fully saturated rings. The van der Waals surface area contributed by atoms with Gasteiger partial charge in [-0.3, -0.25) is 14.6 Å². The second kappa shape index (κ2) is 8.27. The van der Waals surface area contributed by atoms with Gasteiger partial charge in [0, 0.05) is 40.2 Å². The van der Waals surface area contributed by atoms with Gasteiger partial charge in [-0.15, -0.1) is 0 Å². The van der Waals surface area contributed by atoms with Crippen molar-refractivity contribution in [1.82, 2.24) is 14.7 Å². The summed E-state index contributed by atoms with van der Waals surface area (Å²) in [4.78, 5) is 19.7. The van der Waals surface area contributed by atoms with Gasteiger partial charge >= 0.3 is 0 Å². The number of carbonyl (C=O) groups excluding carboxylic acids is 1. The van der Waals surface area contributed by atoms with Crippen LogP contribution in [0.3, 0.4) is 0 Å². The monoisotopic (exact) mass is 409 g/mol. The van der Waals surface area contributed by atoms with E-state index in [1.165, 1.54) is 58.2 Å². The summed E-state index contributed by atoms with van der Waals surface area (Å²) in [5, 5.41) is 0. The molecule has 30 heavy (non-hydrogen) atoms. The zero-order valence-electron chi connectivity index (χ0n) is 18.9. The molecule has 4 nitrogen and oxygen atoms in total. The minimum Gasteiger partial charge on any atom is -0.349 e. The standard InChI is InChI=1S/C26H39N3O/c1-27(2)25(30)16-26(18-28(19-26)17-21-8-9-21)29-12-10-20(11-13-29)14-23-15-24(23)22-6-4-3-5-7-22/h3-7,20-21,23-24H,8-19H2,1-2H3/t23-,24?/m1/s1. The Hall–Kier alpha value is -1.39. The molecule has 1 aromatic rings. The predicted molar refractivity (Wildman–Crippen MR) is 121 cm³/mol. The predicted octanol–water partition coefficient (Wildman–Crippen LogP) is 3.83. The van der Waals surface area contributed by atoms with Crippen LogP contribution in [-0.2, 0) is 4.79 Å². The maximum atomic E-state index is 12.6. The van der Waals surface area contributed by atoms with Crippen LogP contribution in [0.2, 0.25) is 0 Å². The van der Waals surface area contributed by atoms with Crippen molar-refractivity contribution in [3.8, 4) is 0 Å². The van der Waals surface area contributed by atoms with Gasteiger partial charge in [0.05, 0.1) is 5.54 Å². The van der Waals surface area contributed by atoms with Crippen LogP contribution < -0.4 is 0 Å². The first-order chi connectivity index (χ1) is 14.5. The van der Waals surface area contributed by atoms with E-state index in [-0.39, 0.29) is 5.54 Å². The van der Waals surface area contributed by atoms with E-state index in [4.69, 9.17) is 0 Å². The Morgan fingerprint density at radius 1 is 1.03 bits per heavy atom. The molecular formula is C26H39N3O. The molecule has 2 saturated heterocycles. The third-order valence-corrected chi connectivity index (χ3v) is 8.30. The molecule has 1 unspecified atom stereocenters. The summed E-state index contributed by atoms with van der Waals surface area (Å²) in [6.07, 6.45) is 8.96. The van der Waals surface area contributed by atoms with Crippen molar-refractivity contribution in [1.29, 1.82) is 0 Å². The third kappa shape index (κ3) is 4.45. The zero-order valence-corrected chi connectivity index (χ0v) is 18.9. The minimum absolute atomic E-state index is 0.105. The lowest BCUT2D eigenvalue weighted by molar-refractivity contribution is -0.139. The molecule has 4 aliphatic rings. The first-order valence-electron chi connectivity index (χ1n) is 12.2. The maximum Gasteiger partial charge on any atom is 0.224 e. The normalized spacial score (nSPS) is 29.4. The van der Waals surface area contributed by atoms with Crippen molar-refractivity contribution in [2.75, 3.05) is 46.8 Å². The third-order valence-electron chi connectivity index (χ3n) is 8.30. The van der Waals surface area contributed by atoms with Crippen LogP contribution in [0.25, 0.3) is 0 Å². The van der Waals surface area contributed by atoms with Gasteiger partial charge in [-0.1, -0.05) is 30.3 Å². The number of hydrogen-bond acceptors (Lipinski definition) is 3. The van der Waals surface area contributed by atoms with E-state index in [9.17, 15) is 4.79 Å². The van der Waals surface area contributed by atoms with Gasteiger partial charge < -0.3 is 4.90 Å². The van der Waals surface area contributed by atoms with Gasteiger partial charge in [0.1, 0.15) is 0 Å². The molecule has 2 aliphatic carbocycles. The highest BCUT2D eigenvalue weighted by Gasteiger charge is 2.50. The topological polar surface area (TPSA) is 26.8 Å². The highest BCUT2D eigenvalue weighted by atomic mass is 16.2. The molecule has 1 amide bonds. The number of piperidine rings is 1. The molecule has 2 atom stereocenters. The summed E-state index contributed by atoms with van der Waals surface area (Å²) in [6.45, 7) is 5.84. The van der Waals surface area contributed by atoms with Crippen LogP contribution in [0.5, 0.6) is 0 Å². The number of benzene rings is 1. The van der Waals surface area contributed by atoms with Crippen LogP contribution in [0.1, 0.15) is 56.4 Å². The molecule has 0 N–H and O–H groups in total. The van der Waals surface area contributed by atoms with Crippen molar-refractivity contribution in [3.05, 3.63) is 35.9 Å². The largest absolute Gasteiger partial charge is 0.349 e. The second-order valence-electron chi connectivity index (χ2n) is 11.0. The van der Waals surface area contributed by atoms with Crippen LogP contribution in [0, 0.1) is 17.8 Å². The number of hydrogen-bond donors (Lipinski definition) is 0. The lowest BCUT2D eigenvalue weighted by atomic mass is 9.80. The molecule has 2 aliphatic heterocycles. The van der Waals surface area contributed by atoms with Crippen molar-refractivity contribution >= 4 is 5.91 Å². The van der Waals surface area contributed by atoms with E-state index in [0.29, 0.717) is 12.3 Å². The molecule has 0 aromatic heterocycles. The molecule has 0 bridgehead atoms. The fourth-order valence-corrected chi connectivity index (χ4v) is 6.13. The molecule has 2 saturated carbocycles. The quantitative estimate of drug-likeness (QED) is 0.653. The van der Waals surface area contributed by atoms with Crippen molar-refractivity contribution in [2.24, 2.45) is 17.8 Å². The summed E-state index contributed by atoms with van der Waals surface area (Å²) >= 11 is 0. The lowest BCUT2D eigenvalue weighted by Crippen LogP contribution is -2.72. The highest BCUT2D eigenvalue weighted by molar-refractivity contribution is 5.77. The summed E-state index contributed by atoms with van der Waals surface area (Å²) < 4.78 is 0. The van der Waals surface area contributed by atoms with Gasteiger partial charge in [-0.25, -0.2) is 0 Å². The molecule has 1 aromatic carbocycles. The summed E-state index contributed by atoms with van der Waals surface area (Å²) in [5.74, 6) is 3.84. The molecular weight excluding hydrogens is 370 g/mol. The van der Waals surface area contributed by atoms with Gasteiger partial charge in [-0.05, 0) is 80.8 Å². The average Bonchev–Trinajstić information content (AvgIpc) is 3.64. The van der Waals surface area contributed by atoms with Gasteiger partial charge in [0.2, 0.25) is 5.91 Å². The smallest absolute Gasteiger partial charge is 0.224 e. The van der Waals surface area contributed by atoms with Gasteiger partial charge in [-0.2, -0.15) is 0 Å². The van der Waals surface area contributed by atoms with Crippen molar-refractivity contribution in [3.63, 3.8) is 0 Å². The molecule has 0 spiro atoms. The van der Waals surface area contributed by atoms with E-state index in [1.807, 2.05) is 14.1 Å². The molecule has 5 rings (SSSR count). The first-order valence-corrected chi connectivity index (χ1v) is 12.2. The Labute approximate surface area is 182 Å². The number of carbonyl (C=O) groups is 1. The molecule has 4 heteroatoms. The van der Waals surface area contributed by atoms with E-state index < -0.39 is 0 Å². The van der Waals surface area contributed by atoms with Crippen molar-refractivity contribution in [2.45, 2.75) is 56.4 Å². The summed E-state index contributed by atoms with van der Waals surface area (Å²) in [6, 6.07) is 11.1. The number of rotatable bonds is 8. The molecule has 2 heterocycles. The average molecular weight is 410 g/mol. The summed E-state index contributed by atoms with van der Waals surface area (Å²) in [5.41, 5.74) is 1.65. The van der Waals surface area contributed by atoms with Crippen LogP contribution in [0.4, 0.5) is 0 Å². The van der Waals surface area contributed by atoms with Crippen LogP contribution in [0.15, 0.2) is 30.3 Å². The van der Waals surface area contributed by atoms with E-state index in [1.54, 1.807) is 10.5 Å². The highest BCUT2D eigenvalue weighted by Crippen LogP contribution is 2.52. The number of nitrogens with zero attached hydrogens (tertiary/aromatic N) is 3. The zero-order chi connectivity index (χ0) is 20.7. The minimum atomic E-state index is 0.105. The number of likely N-dealkylation sites (tertiary alicyclic amines) is 2. The molecule has 0 radical (unpaired) electrons.